The van der Waals surface area contributed by atoms with Crippen molar-refractivity contribution in [1.29, 1.82) is 0 Å². The number of pyridine rings is 5. The monoisotopic (exact) mass is 1690 g/mol. The van der Waals surface area contributed by atoms with Crippen LogP contribution in [0.15, 0.2) is 167 Å². The molecule has 0 N–H and O–H groups in total. The molecular weight excluding hydrogens is 1560 g/mol. The van der Waals surface area contributed by atoms with Gasteiger partial charge in [0.05, 0.1) is 64.9 Å². The molecule has 0 aliphatic rings. The predicted octanol–water partition coefficient (Wildman–Crippen LogP) is 19.6. The Kier molecular flexibility index (Phi) is 27.9. The third-order valence-corrected chi connectivity index (χ3v) is 21.1. The lowest BCUT2D eigenvalue weighted by Crippen LogP contribution is -2.14. The van der Waals surface area contributed by atoms with Crippen LogP contribution in [0.5, 0.6) is 0 Å². The Balaban J connectivity index is 0.000000147. The van der Waals surface area contributed by atoms with Gasteiger partial charge in [0.2, 0.25) is 0 Å². The first-order valence-corrected chi connectivity index (χ1v) is 42.4. The number of fused-ring (bicyclic) bond motifs is 9. The molecule has 0 bridgehead atoms. The van der Waals surface area contributed by atoms with Gasteiger partial charge in [-0.05, 0) is 105 Å². The van der Waals surface area contributed by atoms with Crippen LogP contribution in [-0.4, -0.2) is 136 Å². The molecule has 0 unspecified atom stereocenters. The molecular formula is C97H132N28. The van der Waals surface area contributed by atoms with Gasteiger partial charge in [-0.1, -0.05) is 187 Å². The molecule has 18 rings (SSSR count). The summed E-state index contributed by atoms with van der Waals surface area (Å²) in [5, 5.41) is 25.3. The molecule has 0 spiro atoms. The molecule has 0 amide bonds. The van der Waals surface area contributed by atoms with Crippen LogP contribution in [0.3, 0.4) is 0 Å². The first kappa shape index (κ1) is 94.8. The molecule has 0 aliphatic carbocycles. The molecule has 0 aliphatic heterocycles. The molecule has 18 heterocycles. The van der Waals surface area contributed by atoms with E-state index < -0.39 is 0 Å². The largest absolute Gasteiger partial charge is 0.335 e. The van der Waals surface area contributed by atoms with Crippen LogP contribution in [0.1, 0.15) is 243 Å². The molecule has 18 aromatic heterocycles. The van der Waals surface area contributed by atoms with E-state index in [9.17, 15) is 0 Å². The molecule has 0 fully saturated rings. The maximum absolute atomic E-state index is 4.58. The van der Waals surface area contributed by atoms with E-state index in [1.165, 1.54) is 27.8 Å². The molecule has 660 valence electrons. The van der Waals surface area contributed by atoms with Gasteiger partial charge in [0.15, 0.2) is 39.5 Å². The highest BCUT2D eigenvalue weighted by Crippen LogP contribution is 2.35. The molecule has 0 radical (unpaired) electrons. The summed E-state index contributed by atoms with van der Waals surface area (Å²) in [5.41, 5.74) is 23.3. The highest BCUT2D eigenvalue weighted by atomic mass is 15.3. The van der Waals surface area contributed by atoms with Gasteiger partial charge in [-0.2, -0.15) is 15.3 Å². The number of hydrogen-bond donors (Lipinski definition) is 0. The van der Waals surface area contributed by atoms with Crippen molar-refractivity contribution < 1.29 is 0 Å². The Morgan fingerprint density at radius 2 is 0.832 bits per heavy atom. The van der Waals surface area contributed by atoms with Crippen LogP contribution in [0.25, 0.3) is 88.8 Å². The summed E-state index contributed by atoms with van der Waals surface area (Å²) in [7, 11) is 13.7. The lowest BCUT2D eigenvalue weighted by molar-refractivity contribution is 0.558. The number of aryl methyl sites for hydroxylation is 8. The van der Waals surface area contributed by atoms with Crippen LogP contribution in [-0.2, 0) is 98.1 Å². The zero-order valence-electron chi connectivity index (χ0n) is 80.6. The predicted molar refractivity (Wildman–Crippen MR) is 506 cm³/mol. The lowest BCUT2D eigenvalue weighted by atomic mass is 9.86. The molecule has 125 heavy (non-hydrogen) atoms. The maximum atomic E-state index is 4.58. The molecule has 0 atom stereocenters. The quantitative estimate of drug-likeness (QED) is 0.136. The van der Waals surface area contributed by atoms with E-state index in [1.54, 1.807) is 54.8 Å². The second-order valence-corrected chi connectivity index (χ2v) is 41.1. The summed E-state index contributed by atoms with van der Waals surface area (Å²) in [6, 6.07) is 16.5. The smallest absolute Gasteiger partial charge is 0.161 e. The summed E-state index contributed by atoms with van der Waals surface area (Å²) in [5.74, 6) is 1.02. The van der Waals surface area contributed by atoms with Crippen LogP contribution in [0.2, 0.25) is 0 Å². The minimum atomic E-state index is 0.0320. The van der Waals surface area contributed by atoms with Gasteiger partial charge in [-0.15, -0.1) is 10.2 Å². The van der Waals surface area contributed by atoms with Crippen molar-refractivity contribution in [2.45, 2.75) is 243 Å². The first-order chi connectivity index (χ1) is 58.0. The number of hydrogen-bond acceptors (Lipinski definition) is 19. The van der Waals surface area contributed by atoms with E-state index in [2.05, 4.69) is 335 Å². The average Bonchev–Trinajstić information content (AvgIpc) is 1.62. The van der Waals surface area contributed by atoms with Crippen LogP contribution in [0.4, 0.5) is 0 Å². The normalized spacial score (nSPS) is 12.3. The summed E-state index contributed by atoms with van der Waals surface area (Å²) < 4.78 is 17.3. The number of nitrogens with zero attached hydrogens (tertiary/aromatic N) is 28. The van der Waals surface area contributed by atoms with Gasteiger partial charge < -0.3 is 22.7 Å². The van der Waals surface area contributed by atoms with E-state index in [0.717, 1.165) is 117 Å². The van der Waals surface area contributed by atoms with Crippen molar-refractivity contribution >= 4 is 88.8 Å². The van der Waals surface area contributed by atoms with Crippen molar-refractivity contribution in [3.63, 3.8) is 0 Å². The minimum absolute atomic E-state index is 0.0320. The molecule has 0 aromatic carbocycles. The Bertz CT molecular complexity index is 6080. The third-order valence-electron chi connectivity index (χ3n) is 21.1. The SMILES string of the molecule is CC(C)(C)c1ccn2cnnc2c1.Cc1nc(C(C)(C)C)c2cnccn12.Cn1cc(C(C)(C)C)c2nccnc21.Cn1ccc2c(C(C)(C)C)ncnc21.Cn1cnc2c(C(C)(C)C)ccnc21.Cn1cnc2cc(C(C)(C)C)cnc21.Cn1nc(C(C)(C)C)c2cccnc21.Cn1ncc2c(C(C)(C)C)ccnc21.Cn1ncc2c(C(C)(C)C)ncnc21. The van der Waals surface area contributed by atoms with Gasteiger partial charge in [0.1, 0.15) is 47.0 Å². The molecule has 18 aromatic rings. The van der Waals surface area contributed by atoms with Crippen LogP contribution >= 0.6 is 0 Å². The lowest BCUT2D eigenvalue weighted by Gasteiger charge is -2.19. The zero-order chi connectivity index (χ0) is 92.2. The third kappa shape index (κ3) is 22.6. The van der Waals surface area contributed by atoms with Crippen LogP contribution < -0.4 is 0 Å². The summed E-state index contributed by atoms with van der Waals surface area (Å²) in [6.07, 6.45) is 34.9. The summed E-state index contributed by atoms with van der Waals surface area (Å²) >= 11 is 0. The van der Waals surface area contributed by atoms with Gasteiger partial charge in [-0.3, -0.25) is 28.4 Å². The van der Waals surface area contributed by atoms with Gasteiger partial charge in [0.25, 0.3) is 0 Å². The van der Waals surface area contributed by atoms with E-state index in [1.807, 2.05) is 156 Å². The average molecular weight is 1690 g/mol. The first-order valence-electron chi connectivity index (χ1n) is 42.4. The Morgan fingerprint density at radius 1 is 0.320 bits per heavy atom. The molecule has 0 saturated carbocycles. The number of imidazole rings is 3. The fourth-order valence-electron chi connectivity index (χ4n) is 14.2. The van der Waals surface area contributed by atoms with E-state index in [0.29, 0.717) is 0 Å². The minimum Gasteiger partial charge on any atom is -0.335 e. The van der Waals surface area contributed by atoms with Crippen molar-refractivity contribution in [1.82, 2.24) is 136 Å². The highest BCUT2D eigenvalue weighted by molar-refractivity contribution is 5.82. The van der Waals surface area contributed by atoms with E-state index in [-0.39, 0.29) is 48.7 Å². The Labute approximate surface area is 736 Å². The number of aromatic nitrogens is 28. The van der Waals surface area contributed by atoms with Gasteiger partial charge in [-0.25, -0.2) is 59.8 Å². The Hall–Kier alpha value is -12.5. The maximum Gasteiger partial charge on any atom is 0.161 e. The zero-order valence-corrected chi connectivity index (χ0v) is 80.6. The van der Waals surface area contributed by atoms with Crippen LogP contribution in [0, 0.1) is 6.92 Å². The van der Waals surface area contributed by atoms with Crippen molar-refractivity contribution in [2.24, 2.45) is 49.3 Å². The van der Waals surface area contributed by atoms with E-state index in [4.69, 9.17) is 0 Å². The van der Waals surface area contributed by atoms with Crippen molar-refractivity contribution in [3.05, 3.63) is 223 Å². The standard InChI is InChI=1S/7C11H15N3.C10H14N4.C10H13N3/c1-11(2,3)8-5-9-10(12-6-8)14(4)7-13-9;1-11(2,3)8-7-14(4)10-9(8)12-5-6-13-10;1-11(2,3)9-5-6-12-10-8(9)7-13-14(10)4;1-11(2,3)8-5-6-12-10-9(8)13-7-14(10)4;1-11(2,3)9-8-5-6-14(4)10(8)13-7-12-9;1-8-13-10(11(2,3)4)9-7-12-5-6-14(8)9;1-11(2,3)9-8-6-5-7-12-10(8)14(4)13-9;1-10(2,3)8-7-5-13-14(4)9(7)12-6-11-8;1-10(2,3)8-4-5-13-7-11-12-9(13)6-8/h7*5-7H,1-4H3;5-6H,1-4H3;4-7H,1-3H3. The van der Waals surface area contributed by atoms with Crippen molar-refractivity contribution in [3.8, 4) is 0 Å². The number of rotatable bonds is 0. The highest BCUT2D eigenvalue weighted by Gasteiger charge is 2.28. The Morgan fingerprint density at radius 3 is 1.44 bits per heavy atom. The fraction of sp³-hybridized carbons (Fsp3) is 0.454. The molecule has 0 saturated heterocycles. The second-order valence-electron chi connectivity index (χ2n) is 41.1. The topological polar surface area (TPSA) is 288 Å². The van der Waals surface area contributed by atoms with Gasteiger partial charge in [0, 0.05) is 161 Å². The van der Waals surface area contributed by atoms with E-state index >= 15 is 0 Å². The molecule has 28 heteroatoms. The summed E-state index contributed by atoms with van der Waals surface area (Å²) in [6.45, 7) is 60.8. The summed E-state index contributed by atoms with van der Waals surface area (Å²) in [4.78, 5) is 60.6. The fourth-order valence-corrected chi connectivity index (χ4v) is 14.2. The molecule has 28 nitrogen and oxygen atoms in total. The second kappa shape index (κ2) is 36.7. The van der Waals surface area contributed by atoms with Crippen molar-refractivity contribution in [2.75, 3.05) is 0 Å². The van der Waals surface area contributed by atoms with Gasteiger partial charge >= 0.3 is 0 Å².